The van der Waals surface area contributed by atoms with Gasteiger partial charge in [-0.25, -0.2) is 4.79 Å². The summed E-state index contributed by atoms with van der Waals surface area (Å²) in [6.07, 6.45) is 2.06. The van der Waals surface area contributed by atoms with Gasteiger partial charge in [0.1, 0.15) is 6.54 Å². The number of aliphatic carboxylic acids is 1. The van der Waals surface area contributed by atoms with Gasteiger partial charge in [-0.1, -0.05) is 6.92 Å². The molecule has 1 heterocycles. The maximum absolute atomic E-state index is 12.5. The average Bonchev–Trinajstić information content (AvgIpc) is 2.43. The summed E-state index contributed by atoms with van der Waals surface area (Å²) in [5, 5.41) is 8.94. The minimum Gasteiger partial charge on any atom is -0.480 e. The normalized spacial score (nSPS) is 20.3. The molecule has 7 heteroatoms. The van der Waals surface area contributed by atoms with Crippen LogP contribution in [0.5, 0.6) is 0 Å². The molecular weight excluding hydrogens is 262 g/mol. The van der Waals surface area contributed by atoms with Crippen LogP contribution in [0.15, 0.2) is 0 Å². The van der Waals surface area contributed by atoms with Gasteiger partial charge >= 0.3 is 12.0 Å². The summed E-state index contributed by atoms with van der Waals surface area (Å²) in [6.45, 7) is 4.27. The fourth-order valence-electron chi connectivity index (χ4n) is 2.43. The first-order chi connectivity index (χ1) is 9.36. The summed E-state index contributed by atoms with van der Waals surface area (Å²) in [5.41, 5.74) is 5.24. The van der Waals surface area contributed by atoms with Crippen molar-refractivity contribution in [3.05, 3.63) is 0 Å². The highest BCUT2D eigenvalue weighted by atomic mass is 16.4. The zero-order chi connectivity index (χ0) is 15.3. The number of carbonyl (C=O) groups excluding carboxylic acids is 2. The standard InChI is InChI=1S/C13H23N3O4/c1-3-9(2)16(8-11(17)18)12(19)10-5-4-6-15(7-10)13(14)20/h9-10H,3-8H2,1-2H3,(H2,14,20)(H,17,18). The van der Waals surface area contributed by atoms with Gasteiger partial charge in [-0.2, -0.15) is 0 Å². The molecule has 2 unspecified atom stereocenters. The van der Waals surface area contributed by atoms with E-state index in [9.17, 15) is 14.4 Å². The number of likely N-dealkylation sites (tertiary alicyclic amines) is 1. The summed E-state index contributed by atoms with van der Waals surface area (Å²) in [7, 11) is 0. The smallest absolute Gasteiger partial charge is 0.323 e. The van der Waals surface area contributed by atoms with Gasteiger partial charge < -0.3 is 20.6 Å². The van der Waals surface area contributed by atoms with Crippen molar-refractivity contribution in [2.45, 2.75) is 39.2 Å². The van der Waals surface area contributed by atoms with Crippen LogP contribution in [0.2, 0.25) is 0 Å². The van der Waals surface area contributed by atoms with Gasteiger partial charge in [0.05, 0.1) is 5.92 Å². The molecule has 0 spiro atoms. The molecule has 0 bridgehead atoms. The Morgan fingerprint density at radius 1 is 1.45 bits per heavy atom. The van der Waals surface area contributed by atoms with Crippen molar-refractivity contribution in [1.82, 2.24) is 9.80 Å². The number of carboxylic acid groups (broad SMARTS) is 1. The maximum Gasteiger partial charge on any atom is 0.323 e. The third-order valence-corrected chi connectivity index (χ3v) is 3.79. The molecule has 3 N–H and O–H groups in total. The van der Waals surface area contributed by atoms with Crippen molar-refractivity contribution >= 4 is 17.9 Å². The van der Waals surface area contributed by atoms with Crippen molar-refractivity contribution in [1.29, 1.82) is 0 Å². The second kappa shape index (κ2) is 7.12. The molecule has 1 saturated heterocycles. The number of carbonyl (C=O) groups is 3. The summed E-state index contributed by atoms with van der Waals surface area (Å²) in [6, 6.07) is -0.668. The molecule has 1 aliphatic rings. The van der Waals surface area contributed by atoms with E-state index in [1.54, 1.807) is 0 Å². The van der Waals surface area contributed by atoms with E-state index in [4.69, 9.17) is 10.8 Å². The second-order valence-corrected chi connectivity index (χ2v) is 5.24. The number of amides is 3. The Hall–Kier alpha value is -1.79. The predicted octanol–water partition coefficient (Wildman–Crippen LogP) is 0.489. The summed E-state index contributed by atoms with van der Waals surface area (Å²) in [5.74, 6) is -1.58. The number of carboxylic acids is 1. The number of hydrogen-bond acceptors (Lipinski definition) is 3. The number of primary amides is 1. The number of nitrogens with zero attached hydrogens (tertiary/aromatic N) is 2. The Morgan fingerprint density at radius 3 is 2.60 bits per heavy atom. The zero-order valence-corrected chi connectivity index (χ0v) is 12.0. The monoisotopic (exact) mass is 285 g/mol. The lowest BCUT2D eigenvalue weighted by molar-refractivity contribution is -0.148. The van der Waals surface area contributed by atoms with Crippen LogP contribution >= 0.6 is 0 Å². The number of rotatable bonds is 5. The van der Waals surface area contributed by atoms with E-state index in [0.717, 1.165) is 0 Å². The van der Waals surface area contributed by atoms with Gasteiger partial charge in [0.25, 0.3) is 0 Å². The minimum absolute atomic E-state index is 0.137. The average molecular weight is 285 g/mol. The van der Waals surface area contributed by atoms with Crippen molar-refractivity contribution < 1.29 is 19.5 Å². The molecule has 2 atom stereocenters. The van der Waals surface area contributed by atoms with E-state index >= 15 is 0 Å². The Labute approximate surface area is 118 Å². The molecule has 0 aromatic carbocycles. The van der Waals surface area contributed by atoms with E-state index in [1.165, 1.54) is 9.80 Å². The van der Waals surface area contributed by atoms with Crippen LogP contribution in [-0.2, 0) is 9.59 Å². The number of piperidine rings is 1. The number of hydrogen-bond donors (Lipinski definition) is 2. The highest BCUT2D eigenvalue weighted by molar-refractivity contribution is 5.84. The van der Waals surface area contributed by atoms with Gasteiger partial charge in [-0.3, -0.25) is 9.59 Å². The highest BCUT2D eigenvalue weighted by Gasteiger charge is 2.32. The van der Waals surface area contributed by atoms with Crippen LogP contribution in [-0.4, -0.2) is 58.5 Å². The van der Waals surface area contributed by atoms with E-state index in [2.05, 4.69) is 0 Å². The van der Waals surface area contributed by atoms with Crippen LogP contribution < -0.4 is 5.73 Å². The first-order valence-corrected chi connectivity index (χ1v) is 6.93. The van der Waals surface area contributed by atoms with E-state index in [1.807, 2.05) is 13.8 Å². The molecule has 0 saturated carbocycles. The lowest BCUT2D eigenvalue weighted by Crippen LogP contribution is -2.51. The minimum atomic E-state index is -1.03. The topological polar surface area (TPSA) is 104 Å². The lowest BCUT2D eigenvalue weighted by atomic mass is 9.96. The van der Waals surface area contributed by atoms with E-state index < -0.39 is 12.0 Å². The Bertz CT molecular complexity index is 386. The largest absolute Gasteiger partial charge is 0.480 e. The molecular formula is C13H23N3O4. The van der Waals surface area contributed by atoms with Gasteiger partial charge in [0, 0.05) is 19.1 Å². The first kappa shape index (κ1) is 16.3. The van der Waals surface area contributed by atoms with Gasteiger partial charge in [0.15, 0.2) is 0 Å². The molecule has 0 aromatic heterocycles. The fraction of sp³-hybridized carbons (Fsp3) is 0.769. The molecule has 20 heavy (non-hydrogen) atoms. The molecule has 7 nitrogen and oxygen atoms in total. The van der Waals surface area contributed by atoms with Crippen molar-refractivity contribution in [3.8, 4) is 0 Å². The molecule has 3 amide bonds. The van der Waals surface area contributed by atoms with Crippen LogP contribution in [0, 0.1) is 5.92 Å². The molecule has 1 aliphatic heterocycles. The van der Waals surface area contributed by atoms with Gasteiger partial charge in [-0.15, -0.1) is 0 Å². The Kier molecular flexibility index (Phi) is 5.79. The number of nitrogens with two attached hydrogens (primary N) is 1. The molecule has 114 valence electrons. The van der Waals surface area contributed by atoms with Crippen molar-refractivity contribution in [3.63, 3.8) is 0 Å². The second-order valence-electron chi connectivity index (χ2n) is 5.24. The molecule has 0 aliphatic carbocycles. The summed E-state index contributed by atoms with van der Waals surface area (Å²) < 4.78 is 0. The van der Waals surface area contributed by atoms with Crippen molar-refractivity contribution in [2.24, 2.45) is 11.7 Å². The van der Waals surface area contributed by atoms with Crippen LogP contribution in [0.25, 0.3) is 0 Å². The van der Waals surface area contributed by atoms with E-state index in [-0.39, 0.29) is 31.0 Å². The van der Waals surface area contributed by atoms with Crippen LogP contribution in [0.4, 0.5) is 4.79 Å². The van der Waals surface area contributed by atoms with Crippen LogP contribution in [0.1, 0.15) is 33.1 Å². The summed E-state index contributed by atoms with van der Waals surface area (Å²) in [4.78, 5) is 37.4. The third-order valence-electron chi connectivity index (χ3n) is 3.79. The molecule has 0 aromatic rings. The predicted molar refractivity (Wildman–Crippen MR) is 73.0 cm³/mol. The van der Waals surface area contributed by atoms with Gasteiger partial charge in [-0.05, 0) is 26.2 Å². The molecule has 1 rings (SSSR count). The molecule has 1 fully saturated rings. The summed E-state index contributed by atoms with van der Waals surface area (Å²) >= 11 is 0. The van der Waals surface area contributed by atoms with Crippen molar-refractivity contribution in [2.75, 3.05) is 19.6 Å². The Morgan fingerprint density at radius 2 is 2.10 bits per heavy atom. The van der Waals surface area contributed by atoms with Crippen LogP contribution in [0.3, 0.4) is 0 Å². The first-order valence-electron chi connectivity index (χ1n) is 6.93. The number of urea groups is 1. The zero-order valence-electron chi connectivity index (χ0n) is 12.0. The SMILES string of the molecule is CCC(C)N(CC(=O)O)C(=O)C1CCCN(C(N)=O)C1. The highest BCUT2D eigenvalue weighted by Crippen LogP contribution is 2.20. The van der Waals surface area contributed by atoms with Gasteiger partial charge in [0.2, 0.25) is 5.91 Å². The third kappa shape index (κ3) is 4.11. The quantitative estimate of drug-likeness (QED) is 0.767. The maximum atomic E-state index is 12.5. The molecule has 0 radical (unpaired) electrons. The lowest BCUT2D eigenvalue weighted by Gasteiger charge is -2.35. The van der Waals surface area contributed by atoms with E-state index in [0.29, 0.717) is 25.8 Å². The Balaban J connectivity index is 2.77. The fourth-order valence-corrected chi connectivity index (χ4v) is 2.43.